The van der Waals surface area contributed by atoms with E-state index in [2.05, 4.69) is 0 Å². The Kier molecular flexibility index (Phi) is 3.10. The van der Waals surface area contributed by atoms with Gasteiger partial charge in [0.2, 0.25) is 0 Å². The zero-order valence-electron chi connectivity index (χ0n) is 9.33. The van der Waals surface area contributed by atoms with E-state index in [1.54, 1.807) is 0 Å². The van der Waals surface area contributed by atoms with Crippen molar-refractivity contribution in [1.29, 1.82) is 0 Å². The summed E-state index contributed by atoms with van der Waals surface area (Å²) in [7, 11) is 0. The summed E-state index contributed by atoms with van der Waals surface area (Å²) in [5.74, 6) is -1.15. The summed E-state index contributed by atoms with van der Waals surface area (Å²) in [5.41, 5.74) is 0.985. The van der Waals surface area contributed by atoms with Gasteiger partial charge in [0, 0.05) is 11.1 Å². The fraction of sp³-hybridized carbons (Fsp3) is 0. The molecule has 0 amide bonds. The van der Waals surface area contributed by atoms with Crippen LogP contribution < -0.4 is 0 Å². The first kappa shape index (κ1) is 11.9. The number of aromatic carboxylic acids is 1. The second-order valence-electron chi connectivity index (χ2n) is 3.76. The van der Waals surface area contributed by atoms with Crippen LogP contribution >= 0.6 is 0 Å². The number of benzene rings is 2. The molecule has 2 rings (SSSR count). The van der Waals surface area contributed by atoms with Crippen LogP contribution in [0, 0.1) is 0 Å². The first-order valence-corrected chi connectivity index (χ1v) is 5.25. The van der Waals surface area contributed by atoms with Gasteiger partial charge in [0.25, 0.3) is 0 Å². The summed E-state index contributed by atoms with van der Waals surface area (Å²) in [6.45, 7) is 0. The molecule has 0 unspecified atom stereocenters. The van der Waals surface area contributed by atoms with Crippen LogP contribution in [0.5, 0.6) is 5.75 Å². The van der Waals surface area contributed by atoms with Crippen LogP contribution in [-0.4, -0.2) is 22.0 Å². The Balaban J connectivity index is 2.28. The van der Waals surface area contributed by atoms with Gasteiger partial charge in [-0.15, -0.1) is 0 Å². The van der Waals surface area contributed by atoms with Gasteiger partial charge in [-0.1, -0.05) is 12.1 Å². The maximum Gasteiger partial charge on any atom is 0.335 e. The third-order valence-corrected chi connectivity index (χ3v) is 2.52. The number of carboxylic acids is 1. The van der Waals surface area contributed by atoms with Gasteiger partial charge < -0.3 is 10.2 Å². The molecule has 2 aromatic carbocycles. The summed E-state index contributed by atoms with van der Waals surface area (Å²) in [6.07, 6.45) is 0. The molecule has 0 aliphatic heterocycles. The highest BCUT2D eigenvalue weighted by molar-refractivity contribution is 6.09. The molecule has 18 heavy (non-hydrogen) atoms. The molecule has 0 heterocycles. The topological polar surface area (TPSA) is 74.6 Å². The van der Waals surface area contributed by atoms with Crippen molar-refractivity contribution in [3.05, 3.63) is 65.2 Å². The average Bonchev–Trinajstić information content (AvgIpc) is 2.39. The summed E-state index contributed by atoms with van der Waals surface area (Å²) in [5, 5.41) is 17.9. The monoisotopic (exact) mass is 242 g/mol. The number of phenolic OH excluding ortho intramolecular Hbond substituents is 1. The first-order chi connectivity index (χ1) is 8.58. The van der Waals surface area contributed by atoms with E-state index in [-0.39, 0.29) is 17.1 Å². The van der Waals surface area contributed by atoms with Crippen molar-refractivity contribution in [3.63, 3.8) is 0 Å². The van der Waals surface area contributed by atoms with Crippen molar-refractivity contribution in [2.24, 2.45) is 0 Å². The van der Waals surface area contributed by atoms with Crippen molar-refractivity contribution in [2.45, 2.75) is 0 Å². The number of carbonyl (C=O) groups is 2. The fourth-order valence-electron chi connectivity index (χ4n) is 1.54. The second-order valence-corrected chi connectivity index (χ2v) is 3.76. The van der Waals surface area contributed by atoms with E-state index >= 15 is 0 Å². The quantitative estimate of drug-likeness (QED) is 0.810. The Morgan fingerprint density at radius 3 is 1.56 bits per heavy atom. The number of carbonyl (C=O) groups excluding carboxylic acids is 1. The molecule has 2 N–H and O–H groups in total. The van der Waals surface area contributed by atoms with Crippen molar-refractivity contribution in [1.82, 2.24) is 0 Å². The average molecular weight is 242 g/mol. The number of phenols is 1. The minimum absolute atomic E-state index is 0.0905. The summed E-state index contributed by atoms with van der Waals surface area (Å²) in [6, 6.07) is 11.6. The van der Waals surface area contributed by atoms with Crippen LogP contribution in [0.25, 0.3) is 0 Å². The van der Waals surface area contributed by atoms with Crippen LogP contribution in [0.2, 0.25) is 0 Å². The first-order valence-electron chi connectivity index (χ1n) is 5.25. The molecule has 0 aromatic heterocycles. The van der Waals surface area contributed by atoms with Crippen LogP contribution in [0.15, 0.2) is 48.5 Å². The van der Waals surface area contributed by atoms with E-state index in [4.69, 9.17) is 10.2 Å². The lowest BCUT2D eigenvalue weighted by Crippen LogP contribution is -2.02. The predicted molar refractivity (Wildman–Crippen MR) is 64.9 cm³/mol. The number of ketones is 1. The third kappa shape index (κ3) is 2.38. The van der Waals surface area contributed by atoms with Gasteiger partial charge >= 0.3 is 5.97 Å². The molecular formula is C14H10O4. The molecule has 0 fully saturated rings. The van der Waals surface area contributed by atoms with E-state index in [9.17, 15) is 9.59 Å². The van der Waals surface area contributed by atoms with Gasteiger partial charge in [0.15, 0.2) is 5.78 Å². The molecule has 0 atom stereocenters. The lowest BCUT2D eigenvalue weighted by atomic mass is 10.0. The van der Waals surface area contributed by atoms with Crippen molar-refractivity contribution in [2.75, 3.05) is 0 Å². The zero-order valence-corrected chi connectivity index (χ0v) is 9.33. The molecule has 2 aromatic rings. The molecule has 4 heteroatoms. The predicted octanol–water partition coefficient (Wildman–Crippen LogP) is 2.32. The molecule has 0 saturated carbocycles. The van der Waals surface area contributed by atoms with E-state index in [0.29, 0.717) is 11.1 Å². The summed E-state index contributed by atoms with van der Waals surface area (Å²) < 4.78 is 0. The van der Waals surface area contributed by atoms with Gasteiger partial charge in [0.05, 0.1) is 5.56 Å². The smallest absolute Gasteiger partial charge is 0.335 e. The SMILES string of the molecule is O=C(O)c1ccc(C(=O)c2ccc(O)cc2)cc1. The summed E-state index contributed by atoms with van der Waals surface area (Å²) >= 11 is 0. The van der Waals surface area contributed by atoms with Gasteiger partial charge in [-0.05, 0) is 36.4 Å². The van der Waals surface area contributed by atoms with Crippen LogP contribution in [0.3, 0.4) is 0 Å². The number of hydrogen-bond acceptors (Lipinski definition) is 3. The molecular weight excluding hydrogens is 232 g/mol. The molecule has 0 saturated heterocycles. The van der Waals surface area contributed by atoms with Gasteiger partial charge in [-0.2, -0.15) is 0 Å². The van der Waals surface area contributed by atoms with E-state index in [1.807, 2.05) is 0 Å². The Morgan fingerprint density at radius 1 is 0.722 bits per heavy atom. The largest absolute Gasteiger partial charge is 0.508 e. The van der Waals surface area contributed by atoms with Crippen LogP contribution in [0.1, 0.15) is 26.3 Å². The van der Waals surface area contributed by atoms with E-state index in [1.165, 1.54) is 48.5 Å². The highest BCUT2D eigenvalue weighted by atomic mass is 16.4. The number of rotatable bonds is 3. The Morgan fingerprint density at radius 2 is 1.11 bits per heavy atom. The minimum atomic E-state index is -1.03. The van der Waals surface area contributed by atoms with E-state index < -0.39 is 5.97 Å². The number of carboxylic acid groups (broad SMARTS) is 1. The molecule has 0 bridgehead atoms. The lowest BCUT2D eigenvalue weighted by molar-refractivity contribution is 0.0696. The lowest BCUT2D eigenvalue weighted by Gasteiger charge is -2.02. The molecule has 0 spiro atoms. The highest BCUT2D eigenvalue weighted by Crippen LogP contribution is 2.14. The van der Waals surface area contributed by atoms with Gasteiger partial charge in [-0.25, -0.2) is 4.79 Å². The molecule has 0 radical (unpaired) electrons. The number of hydrogen-bond donors (Lipinski definition) is 2. The highest BCUT2D eigenvalue weighted by Gasteiger charge is 2.10. The maximum atomic E-state index is 12.0. The van der Waals surface area contributed by atoms with Crippen LogP contribution in [-0.2, 0) is 0 Å². The van der Waals surface area contributed by atoms with Crippen molar-refractivity contribution >= 4 is 11.8 Å². The Hall–Kier alpha value is -2.62. The molecule has 0 aliphatic rings. The van der Waals surface area contributed by atoms with Crippen molar-refractivity contribution in [3.8, 4) is 5.75 Å². The standard InChI is InChI=1S/C14H10O4/c15-12-7-5-10(6-8-12)13(16)9-1-3-11(4-2-9)14(17)18/h1-8,15H,(H,17,18). The van der Waals surface area contributed by atoms with Crippen LogP contribution in [0.4, 0.5) is 0 Å². The Labute approximate surface area is 103 Å². The minimum Gasteiger partial charge on any atom is -0.508 e. The van der Waals surface area contributed by atoms with E-state index in [0.717, 1.165) is 0 Å². The third-order valence-electron chi connectivity index (χ3n) is 2.52. The zero-order chi connectivity index (χ0) is 13.1. The van der Waals surface area contributed by atoms with Gasteiger partial charge in [0.1, 0.15) is 5.75 Å². The number of aromatic hydroxyl groups is 1. The summed E-state index contributed by atoms with van der Waals surface area (Å²) in [4.78, 5) is 22.7. The Bertz CT molecular complexity index is 582. The van der Waals surface area contributed by atoms with Gasteiger partial charge in [-0.3, -0.25) is 4.79 Å². The molecule has 0 aliphatic carbocycles. The fourth-order valence-corrected chi connectivity index (χ4v) is 1.54. The molecule has 90 valence electrons. The second kappa shape index (κ2) is 4.71. The van der Waals surface area contributed by atoms with Crippen molar-refractivity contribution < 1.29 is 19.8 Å². The normalized spacial score (nSPS) is 10.0. The maximum absolute atomic E-state index is 12.0. The molecule has 4 nitrogen and oxygen atoms in total.